The van der Waals surface area contributed by atoms with Gasteiger partial charge in [0, 0.05) is 10.6 Å². The molecule has 2 amide bonds. The van der Waals surface area contributed by atoms with Gasteiger partial charge in [-0.25, -0.2) is 0 Å². The molecule has 0 saturated heterocycles. The molecule has 1 aromatic rings. The number of halogens is 1. The Balaban J connectivity index is 2.44. The highest BCUT2D eigenvalue weighted by molar-refractivity contribution is 6.30. The highest BCUT2D eigenvalue weighted by Crippen LogP contribution is 2.09. The van der Waals surface area contributed by atoms with Crippen LogP contribution in [0.25, 0.3) is 0 Å². The molecule has 0 heterocycles. The van der Waals surface area contributed by atoms with Gasteiger partial charge in [-0.3, -0.25) is 14.4 Å². The number of aliphatic carboxylic acids is 1. The van der Waals surface area contributed by atoms with Gasteiger partial charge in [-0.15, -0.1) is 0 Å². The van der Waals surface area contributed by atoms with Gasteiger partial charge in [0.1, 0.15) is 6.04 Å². The van der Waals surface area contributed by atoms with Gasteiger partial charge in [0.05, 0.1) is 6.54 Å². The highest BCUT2D eigenvalue weighted by atomic mass is 35.5. The lowest BCUT2D eigenvalue weighted by molar-refractivity contribution is -0.141. The molecule has 6 nitrogen and oxygen atoms in total. The third kappa shape index (κ3) is 4.97. The number of amides is 2. The van der Waals surface area contributed by atoms with Crippen LogP contribution in [0, 0.1) is 0 Å². The van der Waals surface area contributed by atoms with E-state index in [1.165, 1.54) is 19.1 Å². The predicted molar refractivity (Wildman–Crippen MR) is 69.0 cm³/mol. The molecule has 19 heavy (non-hydrogen) atoms. The number of carbonyl (C=O) groups excluding carboxylic acids is 2. The normalized spacial score (nSPS) is 11.5. The number of carboxylic acids is 1. The lowest BCUT2D eigenvalue weighted by Gasteiger charge is -2.10. The summed E-state index contributed by atoms with van der Waals surface area (Å²) in [7, 11) is 0. The first-order chi connectivity index (χ1) is 8.90. The predicted octanol–water partition coefficient (Wildman–Crippen LogP) is 0.659. The molecule has 7 heteroatoms. The molecule has 0 aliphatic rings. The van der Waals surface area contributed by atoms with Crippen molar-refractivity contribution in [3.8, 4) is 0 Å². The Morgan fingerprint density at radius 3 is 2.37 bits per heavy atom. The number of carboxylic acid groups (broad SMARTS) is 1. The number of rotatable bonds is 5. The van der Waals surface area contributed by atoms with Crippen molar-refractivity contribution >= 4 is 29.4 Å². The number of carbonyl (C=O) groups is 3. The first-order valence-electron chi connectivity index (χ1n) is 5.46. The Morgan fingerprint density at radius 1 is 1.26 bits per heavy atom. The van der Waals surface area contributed by atoms with Gasteiger partial charge in [0.15, 0.2) is 0 Å². The summed E-state index contributed by atoms with van der Waals surface area (Å²) in [6.45, 7) is 1.04. The van der Waals surface area contributed by atoms with Crippen molar-refractivity contribution in [2.24, 2.45) is 0 Å². The maximum absolute atomic E-state index is 11.6. The van der Waals surface area contributed by atoms with Crippen LogP contribution in [0.1, 0.15) is 17.3 Å². The number of benzene rings is 1. The van der Waals surface area contributed by atoms with E-state index in [0.29, 0.717) is 10.6 Å². The van der Waals surface area contributed by atoms with Gasteiger partial charge in [-0.2, -0.15) is 0 Å². The molecule has 0 bridgehead atoms. The third-order valence-electron chi connectivity index (χ3n) is 2.26. The molecule has 0 spiro atoms. The fourth-order valence-corrected chi connectivity index (χ4v) is 1.34. The van der Waals surface area contributed by atoms with Crippen LogP contribution >= 0.6 is 11.6 Å². The molecular weight excluding hydrogens is 272 g/mol. The zero-order valence-corrected chi connectivity index (χ0v) is 10.9. The second kappa shape index (κ2) is 6.75. The second-order valence-electron chi connectivity index (χ2n) is 3.82. The van der Waals surface area contributed by atoms with E-state index >= 15 is 0 Å². The lowest BCUT2D eigenvalue weighted by atomic mass is 10.2. The Morgan fingerprint density at radius 2 is 1.84 bits per heavy atom. The molecular formula is C12H13ClN2O4. The summed E-state index contributed by atoms with van der Waals surface area (Å²) < 4.78 is 0. The van der Waals surface area contributed by atoms with Gasteiger partial charge >= 0.3 is 5.97 Å². The molecule has 1 rings (SSSR count). The molecule has 0 radical (unpaired) electrons. The minimum atomic E-state index is -1.14. The van der Waals surface area contributed by atoms with Crippen LogP contribution in [0.4, 0.5) is 0 Å². The lowest BCUT2D eigenvalue weighted by Crippen LogP contribution is -2.43. The van der Waals surface area contributed by atoms with Gasteiger partial charge in [-0.1, -0.05) is 11.6 Å². The fraction of sp³-hybridized carbons (Fsp3) is 0.250. The summed E-state index contributed by atoms with van der Waals surface area (Å²) in [6.07, 6.45) is 0. The SMILES string of the molecule is C[C@H](NC(=O)CNC(=O)c1ccc(Cl)cc1)C(=O)O. The van der Waals surface area contributed by atoms with Crippen LogP contribution in [0.15, 0.2) is 24.3 Å². The largest absolute Gasteiger partial charge is 0.480 e. The van der Waals surface area contributed by atoms with E-state index in [4.69, 9.17) is 16.7 Å². The Labute approximate surface area is 114 Å². The zero-order chi connectivity index (χ0) is 14.4. The highest BCUT2D eigenvalue weighted by Gasteiger charge is 2.14. The zero-order valence-electron chi connectivity index (χ0n) is 10.1. The van der Waals surface area contributed by atoms with Gasteiger partial charge in [0.2, 0.25) is 5.91 Å². The molecule has 3 N–H and O–H groups in total. The maximum Gasteiger partial charge on any atom is 0.325 e. The van der Waals surface area contributed by atoms with Crippen molar-refractivity contribution in [2.45, 2.75) is 13.0 Å². The quantitative estimate of drug-likeness (QED) is 0.740. The molecule has 0 aromatic heterocycles. The van der Waals surface area contributed by atoms with E-state index in [2.05, 4.69) is 10.6 Å². The minimum Gasteiger partial charge on any atom is -0.480 e. The average Bonchev–Trinajstić information content (AvgIpc) is 2.36. The van der Waals surface area contributed by atoms with Crippen molar-refractivity contribution in [3.63, 3.8) is 0 Å². The van der Waals surface area contributed by atoms with Crippen LogP contribution in [0.5, 0.6) is 0 Å². The van der Waals surface area contributed by atoms with Crippen molar-refractivity contribution < 1.29 is 19.5 Å². The average molecular weight is 285 g/mol. The molecule has 102 valence electrons. The summed E-state index contributed by atoms with van der Waals surface area (Å²) >= 11 is 5.68. The third-order valence-corrected chi connectivity index (χ3v) is 2.52. The summed E-state index contributed by atoms with van der Waals surface area (Å²) in [5.74, 6) is -2.15. The number of hydrogen-bond donors (Lipinski definition) is 3. The fourth-order valence-electron chi connectivity index (χ4n) is 1.22. The van der Waals surface area contributed by atoms with E-state index in [0.717, 1.165) is 0 Å². The standard InChI is InChI=1S/C12H13ClN2O4/c1-7(12(18)19)15-10(16)6-14-11(17)8-2-4-9(13)5-3-8/h2-5,7H,6H2,1H3,(H,14,17)(H,15,16)(H,18,19)/t7-/m0/s1. The molecule has 0 saturated carbocycles. The van der Waals surface area contributed by atoms with Crippen LogP contribution in [-0.2, 0) is 9.59 Å². The minimum absolute atomic E-state index is 0.293. The number of nitrogens with one attached hydrogen (secondary N) is 2. The van der Waals surface area contributed by atoms with Crippen LogP contribution in [0.3, 0.4) is 0 Å². The van der Waals surface area contributed by atoms with Gasteiger partial charge < -0.3 is 15.7 Å². The monoisotopic (exact) mass is 284 g/mol. The Hall–Kier alpha value is -2.08. The van der Waals surface area contributed by atoms with Crippen molar-refractivity contribution in [2.75, 3.05) is 6.54 Å². The van der Waals surface area contributed by atoms with Crippen molar-refractivity contribution in [1.82, 2.24) is 10.6 Å². The van der Waals surface area contributed by atoms with Crippen molar-refractivity contribution in [3.05, 3.63) is 34.9 Å². The smallest absolute Gasteiger partial charge is 0.325 e. The van der Waals surface area contributed by atoms with E-state index < -0.39 is 23.8 Å². The Kier molecular flexibility index (Phi) is 5.32. The van der Waals surface area contributed by atoms with Gasteiger partial charge in [0.25, 0.3) is 5.91 Å². The molecule has 1 atom stereocenters. The Bertz CT molecular complexity index is 487. The molecule has 1 aromatic carbocycles. The topological polar surface area (TPSA) is 95.5 Å². The summed E-state index contributed by atoms with van der Waals surface area (Å²) in [6, 6.07) is 5.16. The van der Waals surface area contributed by atoms with E-state index in [-0.39, 0.29) is 6.54 Å². The van der Waals surface area contributed by atoms with E-state index in [9.17, 15) is 14.4 Å². The van der Waals surface area contributed by atoms with Gasteiger partial charge in [-0.05, 0) is 31.2 Å². The van der Waals surface area contributed by atoms with Crippen LogP contribution in [0.2, 0.25) is 5.02 Å². The van der Waals surface area contributed by atoms with Crippen molar-refractivity contribution in [1.29, 1.82) is 0 Å². The molecule has 0 fully saturated rings. The molecule has 0 unspecified atom stereocenters. The maximum atomic E-state index is 11.6. The molecule has 0 aliphatic heterocycles. The van der Waals surface area contributed by atoms with E-state index in [1.54, 1.807) is 12.1 Å². The summed E-state index contributed by atoms with van der Waals surface area (Å²) in [5, 5.41) is 13.7. The molecule has 0 aliphatic carbocycles. The summed E-state index contributed by atoms with van der Waals surface area (Å²) in [5.41, 5.74) is 0.364. The number of hydrogen-bond acceptors (Lipinski definition) is 3. The van der Waals surface area contributed by atoms with Crippen LogP contribution in [-0.4, -0.2) is 35.5 Å². The first-order valence-corrected chi connectivity index (χ1v) is 5.84. The summed E-state index contributed by atoms with van der Waals surface area (Å²) in [4.78, 5) is 33.5. The van der Waals surface area contributed by atoms with E-state index in [1.807, 2.05) is 0 Å². The van der Waals surface area contributed by atoms with Crippen LogP contribution < -0.4 is 10.6 Å². The first kappa shape index (κ1) is 15.0. The second-order valence-corrected chi connectivity index (χ2v) is 4.25.